The van der Waals surface area contributed by atoms with Crippen LogP contribution in [-0.2, 0) is 0 Å². The Morgan fingerprint density at radius 2 is 2.43 bits per heavy atom. The number of nitrogens with one attached hydrogen (secondary N) is 1. The van der Waals surface area contributed by atoms with E-state index in [2.05, 4.69) is 21.2 Å². The minimum atomic E-state index is 0.211. The largest absolute Gasteiger partial charge is 0.417 e. The molecule has 0 aromatic heterocycles. The lowest BCUT2D eigenvalue weighted by atomic mass is 11.0. The summed E-state index contributed by atoms with van der Waals surface area (Å²) < 4.78 is 0. The van der Waals surface area contributed by atoms with Gasteiger partial charge < -0.3 is 0 Å². The maximum absolute atomic E-state index is 5.05. The molecule has 0 radical (unpaired) electrons. The Morgan fingerprint density at radius 1 is 1.86 bits per heavy atom. The van der Waals surface area contributed by atoms with Crippen LogP contribution in [-0.4, -0.2) is 17.8 Å². The molecule has 5 nitrogen and oxygen atoms in total. The molecule has 0 rings (SSSR count). The van der Waals surface area contributed by atoms with Gasteiger partial charge in [-0.15, -0.1) is 4.79 Å². The van der Waals surface area contributed by atoms with Gasteiger partial charge in [-0.1, -0.05) is 0 Å². The second-order valence-electron chi connectivity index (χ2n) is 0.851. The van der Waals surface area contributed by atoms with Crippen LogP contribution in [0.25, 0.3) is 0 Å². The van der Waals surface area contributed by atoms with E-state index in [4.69, 9.17) is 5.73 Å². The molecule has 0 aliphatic rings. The number of guanidine groups is 1. The molecule has 0 bridgehead atoms. The molecule has 0 aliphatic heterocycles. The number of rotatable bonds is 0. The van der Waals surface area contributed by atoms with Gasteiger partial charge in [0.05, 0.1) is 5.22 Å². The molecule has 0 amide bonds. The monoisotopic (exact) mass is 102 g/mol. The predicted molar refractivity (Wildman–Crippen MR) is 25.1 cm³/mol. The zero-order valence-electron chi connectivity index (χ0n) is 4.05. The molecule has 0 saturated carbocycles. The molecule has 0 spiro atoms. The number of hydrogen-bond donors (Lipinski definition) is 3. The Bertz CT molecular complexity index is 98.6. The highest BCUT2D eigenvalue weighted by Gasteiger charge is 1.84. The quantitative estimate of drug-likeness (QED) is 0.0829. The maximum Gasteiger partial charge on any atom is 0.417 e. The van der Waals surface area contributed by atoms with E-state index in [-0.39, 0.29) is 5.96 Å². The lowest BCUT2D eigenvalue weighted by Crippen LogP contribution is -2.28. The summed E-state index contributed by atoms with van der Waals surface area (Å²) in [5.74, 6) is 4.83. The molecule has 5 N–H and O–H groups in total. The van der Waals surface area contributed by atoms with Crippen LogP contribution in [0.15, 0.2) is 5.22 Å². The zero-order chi connectivity index (χ0) is 5.70. The van der Waals surface area contributed by atoms with Crippen molar-refractivity contribution in [3.05, 3.63) is 0 Å². The molecule has 0 fully saturated rings. The summed E-state index contributed by atoms with van der Waals surface area (Å²) in [7, 11) is 1.63. The standard InChI is InChI=1S/C2H7N5/c1-5-2(3)6-7-4/h1H3,(H4,3,4,5,6)/p+1. The van der Waals surface area contributed by atoms with Crippen LogP contribution in [0.4, 0.5) is 0 Å². The van der Waals surface area contributed by atoms with Crippen molar-refractivity contribution in [1.82, 2.24) is 5.32 Å². The van der Waals surface area contributed by atoms with Crippen LogP contribution in [0.2, 0.25) is 0 Å². The van der Waals surface area contributed by atoms with Gasteiger partial charge in [0.15, 0.2) is 0 Å². The minimum Gasteiger partial charge on any atom is -0.295 e. The molecule has 0 atom stereocenters. The van der Waals surface area contributed by atoms with Gasteiger partial charge in [-0.3, -0.25) is 11.1 Å². The highest BCUT2D eigenvalue weighted by Crippen LogP contribution is 1.35. The van der Waals surface area contributed by atoms with Crippen LogP contribution in [0.3, 0.4) is 0 Å². The van der Waals surface area contributed by atoms with Crippen molar-refractivity contribution in [2.24, 2.45) is 16.8 Å². The van der Waals surface area contributed by atoms with E-state index >= 15 is 0 Å². The van der Waals surface area contributed by atoms with E-state index < -0.39 is 0 Å². The van der Waals surface area contributed by atoms with Gasteiger partial charge in [-0.05, 0) is 0 Å². The van der Waals surface area contributed by atoms with Gasteiger partial charge in [0.2, 0.25) is 0 Å². The van der Waals surface area contributed by atoms with Gasteiger partial charge in [-0.2, -0.15) is 0 Å². The van der Waals surface area contributed by atoms with Crippen molar-refractivity contribution in [2.45, 2.75) is 0 Å². The minimum absolute atomic E-state index is 0.211. The first kappa shape index (κ1) is 5.78. The number of nitrogens with two attached hydrogens (primary N) is 2. The summed E-state index contributed by atoms with van der Waals surface area (Å²) in [5, 5.41) is 5.43. The third-order valence-electron chi connectivity index (χ3n) is 0.422. The van der Waals surface area contributed by atoms with Crippen molar-refractivity contribution in [3.8, 4) is 0 Å². The zero-order valence-corrected chi connectivity index (χ0v) is 4.05. The van der Waals surface area contributed by atoms with Gasteiger partial charge in [0, 0.05) is 7.05 Å². The molecule has 0 saturated heterocycles. The van der Waals surface area contributed by atoms with Crippen LogP contribution >= 0.6 is 0 Å². The summed E-state index contributed by atoms with van der Waals surface area (Å²) in [6, 6.07) is 0. The van der Waals surface area contributed by atoms with Crippen molar-refractivity contribution in [1.29, 1.82) is 0 Å². The van der Waals surface area contributed by atoms with Crippen LogP contribution < -0.4 is 16.9 Å². The maximum atomic E-state index is 5.05. The van der Waals surface area contributed by atoms with Gasteiger partial charge in [0.25, 0.3) is 0 Å². The van der Waals surface area contributed by atoms with E-state index in [0.29, 0.717) is 0 Å². The molecule has 0 unspecified atom stereocenters. The number of nitrogens with zero attached hydrogens (tertiary/aromatic N) is 2. The second-order valence-corrected chi connectivity index (χ2v) is 0.851. The molecular weight excluding hydrogens is 94.1 g/mol. The van der Waals surface area contributed by atoms with Crippen molar-refractivity contribution < 1.29 is 4.79 Å². The van der Waals surface area contributed by atoms with Gasteiger partial charge in [0.1, 0.15) is 0 Å². The highest BCUT2D eigenvalue weighted by atomic mass is 15.3. The summed E-state index contributed by atoms with van der Waals surface area (Å²) in [6.07, 6.45) is 0. The lowest BCUT2D eigenvalue weighted by molar-refractivity contribution is -0.0972. The van der Waals surface area contributed by atoms with E-state index in [9.17, 15) is 0 Å². The molecule has 7 heavy (non-hydrogen) atoms. The Balaban J connectivity index is 3.74. The summed E-state index contributed by atoms with van der Waals surface area (Å²) in [6.45, 7) is 0. The Hall–Kier alpha value is -1.22. The van der Waals surface area contributed by atoms with Crippen molar-refractivity contribution in [2.75, 3.05) is 7.05 Å². The number of hydrogen-bond acceptors (Lipinski definition) is 1. The molecule has 0 aromatic rings. The second kappa shape index (κ2) is 2.99. The summed E-state index contributed by atoms with van der Waals surface area (Å²) in [5.41, 5.74) is 5.05. The van der Waals surface area contributed by atoms with Crippen LogP contribution in [0, 0.1) is 0 Å². The first-order valence-corrected chi connectivity index (χ1v) is 1.72. The fourth-order valence-corrected chi connectivity index (χ4v) is 0.112. The molecule has 0 heterocycles. The third-order valence-corrected chi connectivity index (χ3v) is 0.422. The Kier molecular flexibility index (Phi) is 2.47. The van der Waals surface area contributed by atoms with E-state index in [1.54, 1.807) is 7.05 Å². The average molecular weight is 102 g/mol. The van der Waals surface area contributed by atoms with Crippen LogP contribution in [0.5, 0.6) is 0 Å². The molecule has 0 aromatic carbocycles. The summed E-state index contributed by atoms with van der Waals surface area (Å²) in [4.78, 5) is 3.23. The average Bonchev–Trinajstić information content (AvgIpc) is 1.68. The highest BCUT2D eigenvalue weighted by molar-refractivity contribution is 5.71. The molecule has 40 valence electrons. The predicted octanol–water partition coefficient (Wildman–Crippen LogP) is -1.95. The van der Waals surface area contributed by atoms with E-state index in [1.807, 2.05) is 0 Å². The van der Waals surface area contributed by atoms with Gasteiger partial charge >= 0.3 is 5.96 Å². The lowest BCUT2D eigenvalue weighted by Gasteiger charge is -1.76. The fourth-order valence-electron chi connectivity index (χ4n) is 0.112. The van der Waals surface area contributed by atoms with E-state index in [1.165, 1.54) is 0 Å². The molecule has 5 heteroatoms. The van der Waals surface area contributed by atoms with Crippen molar-refractivity contribution in [3.63, 3.8) is 0 Å². The van der Waals surface area contributed by atoms with Crippen molar-refractivity contribution >= 4 is 5.96 Å². The Labute approximate surface area is 41.1 Å². The third kappa shape index (κ3) is 2.59. The molecule has 0 aliphatic carbocycles. The topological polar surface area (TPSA) is 90.5 Å². The van der Waals surface area contributed by atoms with Gasteiger partial charge in [-0.25, -0.2) is 5.84 Å². The SMILES string of the molecule is CNC(N)=[N+]=NN. The van der Waals surface area contributed by atoms with Crippen LogP contribution in [0.1, 0.15) is 0 Å². The first-order valence-electron chi connectivity index (χ1n) is 1.72. The fraction of sp³-hybridized carbons (Fsp3) is 0.500. The summed E-state index contributed by atoms with van der Waals surface area (Å²) >= 11 is 0. The van der Waals surface area contributed by atoms with E-state index in [0.717, 1.165) is 0 Å². The molecular formula is C2H8N5+. The normalized spacial score (nSPS) is 6.43. The Morgan fingerprint density at radius 3 is 2.57 bits per heavy atom. The first-order chi connectivity index (χ1) is 3.31. The smallest absolute Gasteiger partial charge is 0.295 e.